The van der Waals surface area contributed by atoms with Crippen LogP contribution in [-0.2, 0) is 10.0 Å². The normalized spacial score (nSPS) is 18.9. The van der Waals surface area contributed by atoms with Crippen LogP contribution in [-0.4, -0.2) is 24.3 Å². The van der Waals surface area contributed by atoms with Crippen molar-refractivity contribution in [3.63, 3.8) is 0 Å². The topological polar surface area (TPSA) is 50.3 Å². The zero-order chi connectivity index (χ0) is 17.6. The van der Waals surface area contributed by atoms with E-state index in [-0.39, 0.29) is 16.0 Å². The molecular weight excluding hydrogens is 444 g/mol. The highest BCUT2D eigenvalue weighted by Gasteiger charge is 2.38. The molecule has 0 spiro atoms. The monoisotopic (exact) mass is 456 g/mol. The van der Waals surface area contributed by atoms with Crippen LogP contribution in [0.15, 0.2) is 51.8 Å². The molecule has 4 nitrogen and oxygen atoms in total. The van der Waals surface area contributed by atoms with Crippen molar-refractivity contribution in [1.82, 2.24) is 9.29 Å². The van der Waals surface area contributed by atoms with Crippen molar-refractivity contribution in [2.24, 2.45) is 0 Å². The lowest BCUT2D eigenvalue weighted by molar-refractivity contribution is 0.396. The number of rotatable bonds is 3. The van der Waals surface area contributed by atoms with Gasteiger partial charge < -0.3 is 0 Å². The van der Waals surface area contributed by atoms with Crippen molar-refractivity contribution in [3.05, 3.63) is 57.0 Å². The third kappa shape index (κ3) is 3.13. The van der Waals surface area contributed by atoms with Crippen molar-refractivity contribution < 1.29 is 8.42 Å². The van der Waals surface area contributed by atoms with Crippen LogP contribution in [0.3, 0.4) is 0 Å². The molecule has 0 radical (unpaired) electrons. The highest BCUT2D eigenvalue weighted by atomic mass is 79.9. The first-order chi connectivity index (χ1) is 12.0. The van der Waals surface area contributed by atoms with Crippen molar-refractivity contribution in [2.45, 2.75) is 23.8 Å². The quantitative estimate of drug-likeness (QED) is 0.540. The fourth-order valence-corrected chi connectivity index (χ4v) is 6.97. The molecule has 0 aliphatic carbocycles. The Morgan fingerprint density at radius 3 is 2.80 bits per heavy atom. The van der Waals surface area contributed by atoms with Crippen molar-refractivity contribution in [3.8, 4) is 0 Å². The minimum Gasteiger partial charge on any atom is -0.239 e. The number of fused-ring (bicyclic) bond motifs is 1. The molecule has 1 unspecified atom stereocenters. The molecule has 1 aliphatic heterocycles. The van der Waals surface area contributed by atoms with E-state index < -0.39 is 10.0 Å². The lowest BCUT2D eigenvalue weighted by atomic mass is 10.2. The highest BCUT2D eigenvalue weighted by Crippen LogP contribution is 2.40. The van der Waals surface area contributed by atoms with Gasteiger partial charge in [0.2, 0.25) is 10.0 Å². The number of para-hydroxylation sites is 1. The number of sulfonamides is 1. The molecule has 0 amide bonds. The Morgan fingerprint density at radius 2 is 2.04 bits per heavy atom. The van der Waals surface area contributed by atoms with Crippen LogP contribution >= 0.6 is 38.9 Å². The second-order valence-electron chi connectivity index (χ2n) is 5.87. The number of benzene rings is 2. The van der Waals surface area contributed by atoms with E-state index in [1.165, 1.54) is 0 Å². The minimum atomic E-state index is -3.67. The summed E-state index contributed by atoms with van der Waals surface area (Å²) >= 11 is 11.1. The maximum atomic E-state index is 13.2. The predicted molar refractivity (Wildman–Crippen MR) is 105 cm³/mol. The number of hydrogen-bond acceptors (Lipinski definition) is 4. The second kappa shape index (κ2) is 6.63. The molecule has 1 fully saturated rings. The van der Waals surface area contributed by atoms with Crippen molar-refractivity contribution in [2.75, 3.05) is 6.54 Å². The number of nitrogens with zero attached hydrogens (tertiary/aromatic N) is 2. The Kier molecular flexibility index (Phi) is 4.62. The molecule has 0 saturated carbocycles. The van der Waals surface area contributed by atoms with E-state index in [4.69, 9.17) is 11.6 Å². The lowest BCUT2D eigenvalue weighted by Crippen LogP contribution is -2.30. The van der Waals surface area contributed by atoms with Crippen molar-refractivity contribution in [1.29, 1.82) is 0 Å². The number of thiazole rings is 1. The molecule has 25 heavy (non-hydrogen) atoms. The molecule has 1 atom stereocenters. The van der Waals surface area contributed by atoms with Gasteiger partial charge in [0.15, 0.2) is 0 Å². The zero-order valence-electron chi connectivity index (χ0n) is 13.0. The van der Waals surface area contributed by atoms with Gasteiger partial charge in [-0.3, -0.25) is 0 Å². The highest BCUT2D eigenvalue weighted by molar-refractivity contribution is 9.10. The molecule has 4 rings (SSSR count). The van der Waals surface area contributed by atoms with E-state index in [1.807, 2.05) is 24.3 Å². The van der Waals surface area contributed by atoms with Gasteiger partial charge in [0, 0.05) is 11.0 Å². The summed E-state index contributed by atoms with van der Waals surface area (Å²) in [6.45, 7) is 0.481. The van der Waals surface area contributed by atoms with Gasteiger partial charge in [0.05, 0.1) is 21.3 Å². The summed E-state index contributed by atoms with van der Waals surface area (Å²) in [6, 6.07) is 12.5. The van der Waals surface area contributed by atoms with Crippen LogP contribution < -0.4 is 0 Å². The molecular formula is C17H14BrClN2O2S2. The molecule has 1 aliphatic rings. The predicted octanol–water partition coefficient (Wildman–Crippen LogP) is 5.24. The summed E-state index contributed by atoms with van der Waals surface area (Å²) in [7, 11) is -3.67. The first kappa shape index (κ1) is 17.4. The summed E-state index contributed by atoms with van der Waals surface area (Å²) in [5.74, 6) is 0. The van der Waals surface area contributed by atoms with Gasteiger partial charge in [-0.1, -0.05) is 39.7 Å². The van der Waals surface area contributed by atoms with E-state index >= 15 is 0 Å². The Bertz CT molecular complexity index is 1020. The molecule has 3 aromatic rings. The maximum absolute atomic E-state index is 13.2. The molecule has 8 heteroatoms. The van der Waals surface area contributed by atoms with Crippen molar-refractivity contribution >= 4 is 59.1 Å². The molecule has 2 heterocycles. The minimum absolute atomic E-state index is 0.144. The van der Waals surface area contributed by atoms with Gasteiger partial charge in [-0.2, -0.15) is 4.31 Å². The Hall–Kier alpha value is -0.990. The van der Waals surface area contributed by atoms with Crippen LogP contribution in [0.1, 0.15) is 23.9 Å². The number of hydrogen-bond donors (Lipinski definition) is 0. The largest absolute Gasteiger partial charge is 0.245 e. The van der Waals surface area contributed by atoms with Crippen LogP contribution in [0, 0.1) is 0 Å². The van der Waals surface area contributed by atoms with Gasteiger partial charge in [0.1, 0.15) is 9.90 Å². The summed E-state index contributed by atoms with van der Waals surface area (Å²) in [5, 5.41) is 1.07. The summed E-state index contributed by atoms with van der Waals surface area (Å²) in [6.07, 6.45) is 1.58. The molecule has 130 valence electrons. The van der Waals surface area contributed by atoms with E-state index in [9.17, 15) is 8.42 Å². The third-order valence-electron chi connectivity index (χ3n) is 4.28. The fourth-order valence-electron chi connectivity index (χ4n) is 3.12. The smallest absolute Gasteiger partial charge is 0.239 e. The van der Waals surface area contributed by atoms with Crippen LogP contribution in [0.25, 0.3) is 10.2 Å². The van der Waals surface area contributed by atoms with Gasteiger partial charge in [-0.05, 0) is 43.2 Å². The SMILES string of the molecule is O=S(=O)(c1ccc(Br)cc1Cl)N1CCCC1c1nc2ccccc2s1. The van der Waals surface area contributed by atoms with E-state index in [1.54, 1.807) is 33.8 Å². The van der Waals surface area contributed by atoms with Gasteiger partial charge in [-0.25, -0.2) is 13.4 Å². The van der Waals surface area contributed by atoms with Gasteiger partial charge >= 0.3 is 0 Å². The second-order valence-corrected chi connectivity index (χ2v) is 10.1. The molecule has 0 N–H and O–H groups in total. The summed E-state index contributed by atoms with van der Waals surface area (Å²) in [5.41, 5.74) is 0.911. The average molecular weight is 458 g/mol. The van der Waals surface area contributed by atoms with E-state index in [2.05, 4.69) is 20.9 Å². The Balaban J connectivity index is 1.75. The third-order valence-corrected chi connectivity index (χ3v) is 8.30. The lowest BCUT2D eigenvalue weighted by Gasteiger charge is -2.23. The number of aromatic nitrogens is 1. The van der Waals surface area contributed by atoms with Crippen LogP contribution in [0.4, 0.5) is 0 Å². The maximum Gasteiger partial charge on any atom is 0.245 e. The molecule has 2 aromatic carbocycles. The van der Waals surface area contributed by atoms with Gasteiger partial charge in [0.25, 0.3) is 0 Å². The Morgan fingerprint density at radius 1 is 1.24 bits per heavy atom. The standard InChI is InChI=1S/C17H14BrClN2O2S2/c18-11-7-8-16(12(19)10-11)25(22,23)21-9-3-5-14(21)17-20-13-4-1-2-6-15(13)24-17/h1-2,4,6-8,10,14H,3,5,9H2. The number of halogens is 2. The Labute approximate surface area is 163 Å². The molecule has 0 bridgehead atoms. The van der Waals surface area contributed by atoms with Gasteiger partial charge in [-0.15, -0.1) is 11.3 Å². The first-order valence-electron chi connectivity index (χ1n) is 7.79. The fraction of sp³-hybridized carbons (Fsp3) is 0.235. The summed E-state index contributed by atoms with van der Waals surface area (Å²) < 4.78 is 29.7. The summed E-state index contributed by atoms with van der Waals surface area (Å²) in [4.78, 5) is 4.80. The van der Waals surface area contributed by atoms with Crippen LogP contribution in [0.5, 0.6) is 0 Å². The van der Waals surface area contributed by atoms with E-state index in [0.29, 0.717) is 6.54 Å². The zero-order valence-corrected chi connectivity index (χ0v) is 17.0. The van der Waals surface area contributed by atoms with Crippen LogP contribution in [0.2, 0.25) is 5.02 Å². The molecule has 1 saturated heterocycles. The van der Waals surface area contributed by atoms with E-state index in [0.717, 1.165) is 32.5 Å². The molecule has 1 aromatic heterocycles. The average Bonchev–Trinajstić information content (AvgIpc) is 3.21. The first-order valence-corrected chi connectivity index (χ1v) is 11.2.